The van der Waals surface area contributed by atoms with Crippen LogP contribution in [0.4, 0.5) is 10.1 Å². The number of hydrogen-bond acceptors (Lipinski definition) is 2. The van der Waals surface area contributed by atoms with E-state index in [0.29, 0.717) is 34.1 Å². The van der Waals surface area contributed by atoms with Crippen LogP contribution in [0.1, 0.15) is 40.7 Å². The highest BCUT2D eigenvalue weighted by Crippen LogP contribution is 2.35. The Kier molecular flexibility index (Phi) is 5.21. The van der Waals surface area contributed by atoms with Crippen LogP contribution in [0.5, 0.6) is 0 Å². The maximum absolute atomic E-state index is 14.8. The Hall–Kier alpha value is -1.78. The van der Waals surface area contributed by atoms with Gasteiger partial charge in [0, 0.05) is 24.7 Å². The Morgan fingerprint density at radius 3 is 2.68 bits per heavy atom. The lowest BCUT2D eigenvalue weighted by molar-refractivity contribution is 0.0690. The zero-order valence-electron chi connectivity index (χ0n) is 13.7. The topological polar surface area (TPSA) is 40.5 Å². The van der Waals surface area contributed by atoms with Crippen molar-refractivity contribution >= 4 is 34.9 Å². The van der Waals surface area contributed by atoms with E-state index >= 15 is 0 Å². The molecule has 3 rings (SSSR count). The zero-order chi connectivity index (χ0) is 18.1. The Morgan fingerprint density at radius 2 is 2.04 bits per heavy atom. The molecule has 132 valence electrons. The number of nitrogens with zero attached hydrogens (tertiary/aromatic N) is 1. The Bertz CT molecular complexity index is 825. The van der Waals surface area contributed by atoms with E-state index in [-0.39, 0.29) is 11.5 Å². The van der Waals surface area contributed by atoms with E-state index in [1.807, 2.05) is 13.0 Å². The van der Waals surface area contributed by atoms with Crippen LogP contribution in [0.25, 0.3) is 0 Å². The first-order valence-corrected chi connectivity index (χ1v) is 8.92. The molecule has 1 atom stereocenters. The van der Waals surface area contributed by atoms with Crippen molar-refractivity contribution in [3.63, 3.8) is 0 Å². The summed E-state index contributed by atoms with van der Waals surface area (Å²) in [6.45, 7) is 3.18. The highest BCUT2D eigenvalue weighted by Gasteiger charge is 2.29. The highest BCUT2D eigenvalue weighted by molar-refractivity contribution is 6.42. The Morgan fingerprint density at radius 1 is 1.28 bits per heavy atom. The molecular formula is C19H18Cl2FNO2. The fourth-order valence-electron chi connectivity index (χ4n) is 3.40. The summed E-state index contributed by atoms with van der Waals surface area (Å²) in [4.78, 5) is 13.6. The molecule has 1 aliphatic heterocycles. The van der Waals surface area contributed by atoms with E-state index in [4.69, 9.17) is 23.2 Å². The van der Waals surface area contributed by atoms with Crippen LogP contribution in [-0.4, -0.2) is 24.2 Å². The normalized spacial score (nSPS) is 17.1. The van der Waals surface area contributed by atoms with Crippen LogP contribution in [0.15, 0.2) is 30.3 Å². The molecule has 1 unspecified atom stereocenters. The maximum Gasteiger partial charge on any atom is 0.338 e. The number of aryl methyl sites for hydroxylation is 1. The number of halogens is 3. The molecular weight excluding hydrogens is 364 g/mol. The quantitative estimate of drug-likeness (QED) is 0.771. The molecule has 2 aromatic carbocycles. The van der Waals surface area contributed by atoms with Gasteiger partial charge in [-0.3, -0.25) is 0 Å². The number of hydrogen-bond donors (Lipinski definition) is 1. The van der Waals surface area contributed by atoms with Gasteiger partial charge >= 0.3 is 5.97 Å². The van der Waals surface area contributed by atoms with Crippen molar-refractivity contribution in [2.75, 3.05) is 18.0 Å². The second-order valence-electron chi connectivity index (χ2n) is 6.19. The molecule has 0 bridgehead atoms. The molecule has 1 saturated heterocycles. The van der Waals surface area contributed by atoms with Crippen molar-refractivity contribution in [3.05, 3.63) is 62.9 Å². The van der Waals surface area contributed by atoms with Crippen molar-refractivity contribution in [2.45, 2.75) is 25.7 Å². The molecule has 1 heterocycles. The lowest BCUT2D eigenvalue weighted by atomic mass is 9.92. The standard InChI is InChI=1S/C19H18Cl2FNO2/c1-2-11-3-5-14(18(22)17(11)19(24)25)12-7-8-23(10-12)13-4-6-15(20)16(21)9-13/h3-6,9,12H,2,7-8,10H2,1H3,(H,24,25). The van der Waals surface area contributed by atoms with Crippen LogP contribution >= 0.6 is 23.2 Å². The van der Waals surface area contributed by atoms with Gasteiger partial charge in [0.05, 0.1) is 15.6 Å². The van der Waals surface area contributed by atoms with Gasteiger partial charge in [-0.25, -0.2) is 9.18 Å². The molecule has 0 spiro atoms. The first kappa shape index (κ1) is 18.0. The lowest BCUT2D eigenvalue weighted by Gasteiger charge is -2.20. The molecule has 0 saturated carbocycles. The third-order valence-corrected chi connectivity index (χ3v) is 5.49. The van der Waals surface area contributed by atoms with Crippen molar-refractivity contribution in [1.29, 1.82) is 0 Å². The minimum Gasteiger partial charge on any atom is -0.478 e. The van der Waals surface area contributed by atoms with Gasteiger partial charge in [-0.2, -0.15) is 0 Å². The van der Waals surface area contributed by atoms with Crippen LogP contribution in [0.3, 0.4) is 0 Å². The average molecular weight is 382 g/mol. The number of carboxylic acid groups (broad SMARTS) is 1. The molecule has 0 aromatic heterocycles. The fourth-order valence-corrected chi connectivity index (χ4v) is 3.70. The van der Waals surface area contributed by atoms with Crippen LogP contribution in [0, 0.1) is 5.82 Å². The molecule has 2 aromatic rings. The van der Waals surface area contributed by atoms with E-state index < -0.39 is 11.8 Å². The number of anilines is 1. The first-order chi connectivity index (χ1) is 11.9. The minimum absolute atomic E-state index is 0.0570. The average Bonchev–Trinajstić information content (AvgIpc) is 3.06. The van der Waals surface area contributed by atoms with E-state index in [0.717, 1.165) is 18.7 Å². The molecule has 0 radical (unpaired) electrons. The molecule has 1 fully saturated rings. The van der Waals surface area contributed by atoms with Gasteiger partial charge in [0.15, 0.2) is 0 Å². The van der Waals surface area contributed by atoms with Crippen LogP contribution in [-0.2, 0) is 6.42 Å². The van der Waals surface area contributed by atoms with E-state index in [9.17, 15) is 14.3 Å². The fraction of sp³-hybridized carbons (Fsp3) is 0.316. The summed E-state index contributed by atoms with van der Waals surface area (Å²) in [6.07, 6.45) is 1.24. The zero-order valence-corrected chi connectivity index (χ0v) is 15.2. The summed E-state index contributed by atoms with van der Waals surface area (Å²) < 4.78 is 14.8. The summed E-state index contributed by atoms with van der Waals surface area (Å²) in [6, 6.07) is 8.88. The molecule has 0 amide bonds. The van der Waals surface area contributed by atoms with E-state index in [2.05, 4.69) is 4.90 Å². The summed E-state index contributed by atoms with van der Waals surface area (Å²) in [5.41, 5.74) is 1.72. The second-order valence-corrected chi connectivity index (χ2v) is 7.01. The van der Waals surface area contributed by atoms with Crippen molar-refractivity contribution in [3.8, 4) is 0 Å². The summed E-state index contributed by atoms with van der Waals surface area (Å²) >= 11 is 12.0. The molecule has 25 heavy (non-hydrogen) atoms. The van der Waals surface area contributed by atoms with Crippen LogP contribution < -0.4 is 4.90 Å². The highest BCUT2D eigenvalue weighted by atomic mass is 35.5. The summed E-state index contributed by atoms with van der Waals surface area (Å²) in [5, 5.41) is 10.3. The van der Waals surface area contributed by atoms with E-state index in [1.54, 1.807) is 24.3 Å². The smallest absolute Gasteiger partial charge is 0.338 e. The monoisotopic (exact) mass is 381 g/mol. The number of carboxylic acids is 1. The summed E-state index contributed by atoms with van der Waals surface area (Å²) in [7, 11) is 0. The van der Waals surface area contributed by atoms with Gasteiger partial charge in [-0.05, 0) is 42.2 Å². The largest absolute Gasteiger partial charge is 0.478 e. The SMILES string of the molecule is CCc1ccc(C2CCN(c3ccc(Cl)c(Cl)c3)C2)c(F)c1C(=O)O. The predicted octanol–water partition coefficient (Wildman–Crippen LogP) is 5.39. The maximum atomic E-state index is 14.8. The van der Waals surface area contributed by atoms with Gasteiger partial charge in [-0.1, -0.05) is 42.3 Å². The van der Waals surface area contributed by atoms with Crippen molar-refractivity contribution in [2.24, 2.45) is 0 Å². The molecule has 6 heteroatoms. The predicted molar refractivity (Wildman–Crippen MR) is 98.8 cm³/mol. The molecule has 1 aliphatic rings. The van der Waals surface area contributed by atoms with Crippen molar-refractivity contribution in [1.82, 2.24) is 0 Å². The Balaban J connectivity index is 1.88. The van der Waals surface area contributed by atoms with Gasteiger partial charge in [0.2, 0.25) is 0 Å². The van der Waals surface area contributed by atoms with Crippen LogP contribution in [0.2, 0.25) is 10.0 Å². The second kappa shape index (κ2) is 7.22. The van der Waals surface area contributed by atoms with Gasteiger partial charge in [0.25, 0.3) is 0 Å². The third kappa shape index (κ3) is 3.46. The number of rotatable bonds is 4. The molecule has 0 aliphatic carbocycles. The number of benzene rings is 2. The number of aromatic carboxylic acids is 1. The third-order valence-electron chi connectivity index (χ3n) is 4.75. The summed E-state index contributed by atoms with van der Waals surface area (Å²) in [5.74, 6) is -1.87. The van der Waals surface area contributed by atoms with Crippen molar-refractivity contribution < 1.29 is 14.3 Å². The first-order valence-electron chi connectivity index (χ1n) is 8.17. The van der Waals surface area contributed by atoms with Gasteiger partial charge in [0.1, 0.15) is 5.82 Å². The van der Waals surface area contributed by atoms with Gasteiger partial charge < -0.3 is 10.0 Å². The number of carbonyl (C=O) groups is 1. The van der Waals surface area contributed by atoms with Gasteiger partial charge in [-0.15, -0.1) is 0 Å². The molecule has 3 nitrogen and oxygen atoms in total. The Labute approximate surface area is 156 Å². The minimum atomic E-state index is -1.21. The van der Waals surface area contributed by atoms with E-state index in [1.165, 1.54) is 0 Å². The lowest BCUT2D eigenvalue weighted by Crippen LogP contribution is -2.19. The molecule has 1 N–H and O–H groups in total.